The molecule has 0 amide bonds. The summed E-state index contributed by atoms with van der Waals surface area (Å²) >= 11 is 0. The molecule has 0 spiro atoms. The van der Waals surface area contributed by atoms with Gasteiger partial charge in [0.15, 0.2) is 17.4 Å². The van der Waals surface area contributed by atoms with Crippen molar-refractivity contribution in [2.75, 3.05) is 0 Å². The summed E-state index contributed by atoms with van der Waals surface area (Å²) in [7, 11) is 0. The van der Waals surface area contributed by atoms with Crippen molar-refractivity contribution in [1.29, 1.82) is 0 Å². The third kappa shape index (κ3) is 54.6. The third-order valence-corrected chi connectivity index (χ3v) is 0.957. The molecule has 0 rings (SSSR count). The van der Waals surface area contributed by atoms with Gasteiger partial charge >= 0.3 is 0 Å². The topological polar surface area (TPSA) is 0 Å². The summed E-state index contributed by atoms with van der Waals surface area (Å²) in [5.41, 5.74) is 0. The quantitative estimate of drug-likeness (QED) is 0.504. The molecule has 3 heteroatoms. The number of halogens is 2. The highest BCUT2D eigenvalue weighted by atomic mass is 35.5. The molecule has 0 nitrogen and oxygen atoms in total. The Bertz CT molecular complexity index is 24.1. The summed E-state index contributed by atoms with van der Waals surface area (Å²) in [5.74, 6) is 0. The van der Waals surface area contributed by atoms with E-state index in [-0.39, 0.29) is 42.2 Å². The van der Waals surface area contributed by atoms with Gasteiger partial charge in [-0.1, -0.05) is 53.4 Å². The molecule has 0 unspecified atom stereocenters. The normalized spacial score (nSPS) is 5.45. The minimum Gasteiger partial charge on any atom is -0.147 e. The van der Waals surface area contributed by atoms with Crippen molar-refractivity contribution in [2.24, 2.45) is 0 Å². The Morgan fingerprint density at radius 1 is 0.727 bits per heavy atom. The van der Waals surface area contributed by atoms with Crippen LogP contribution in [-0.2, 0) is 0 Å². The molecule has 0 aliphatic rings. The largest absolute Gasteiger partial charge is 0.187 e. The monoisotopic (exact) mass is 218 g/mol. The summed E-state index contributed by atoms with van der Waals surface area (Å²) in [5, 5.41) is 0. The van der Waals surface area contributed by atoms with Crippen LogP contribution in [0, 0.1) is 0 Å². The van der Waals surface area contributed by atoms with Gasteiger partial charge in [0.05, 0.1) is 0 Å². The molecule has 0 aromatic heterocycles. The van der Waals surface area contributed by atoms with Crippen LogP contribution < -0.4 is 0 Å². The second-order valence-electron chi connectivity index (χ2n) is 1.71. The van der Waals surface area contributed by atoms with Crippen molar-refractivity contribution in [3.63, 3.8) is 0 Å². The lowest BCUT2D eigenvalue weighted by Crippen LogP contribution is -1.66. The van der Waals surface area contributed by atoms with Crippen molar-refractivity contribution in [1.82, 2.24) is 0 Å². The molecule has 0 bridgehead atoms. The molecule has 74 valence electrons. The molecular formula is C8H25AlCl2. The van der Waals surface area contributed by atoms with Crippen molar-refractivity contribution in [3.8, 4) is 0 Å². The Morgan fingerprint density at radius 3 is 1.00 bits per heavy atom. The van der Waals surface area contributed by atoms with Crippen molar-refractivity contribution >= 4 is 42.2 Å². The van der Waals surface area contributed by atoms with Gasteiger partial charge in [0.2, 0.25) is 0 Å². The molecule has 0 aromatic rings. The predicted molar refractivity (Wildman–Crippen MR) is 65.6 cm³/mol. The molecular weight excluding hydrogens is 194 g/mol. The van der Waals surface area contributed by atoms with Crippen LogP contribution in [0.5, 0.6) is 0 Å². The number of rotatable bonds is 3. The molecule has 0 saturated carbocycles. The summed E-state index contributed by atoms with van der Waals surface area (Å²) in [6.07, 6.45) is 5.54. The van der Waals surface area contributed by atoms with E-state index in [4.69, 9.17) is 0 Å². The fraction of sp³-hybridized carbons (Fsp3) is 1.00. The Balaban J connectivity index is -0.0000000222. The van der Waals surface area contributed by atoms with Crippen molar-refractivity contribution in [3.05, 3.63) is 0 Å². The number of hydrogen-bond acceptors (Lipinski definition) is 0. The van der Waals surface area contributed by atoms with Gasteiger partial charge in [-0.25, -0.2) is 0 Å². The summed E-state index contributed by atoms with van der Waals surface area (Å²) in [6.45, 7) is 8.46. The average Bonchev–Trinajstić information content (AvgIpc) is 1.88. The number of unbranched alkanes of at least 4 members (excludes halogenated alkanes) is 3. The van der Waals surface area contributed by atoms with Crippen molar-refractivity contribution in [2.45, 2.75) is 53.4 Å². The van der Waals surface area contributed by atoms with Crippen LogP contribution >= 0.6 is 24.8 Å². The second kappa shape index (κ2) is 43.5. The van der Waals surface area contributed by atoms with E-state index in [1.165, 1.54) is 25.7 Å². The Kier molecular flexibility index (Phi) is 117. The maximum absolute atomic E-state index is 2.23. The molecule has 0 aliphatic carbocycles. The number of hydrogen-bond donors (Lipinski definition) is 0. The van der Waals surface area contributed by atoms with Gasteiger partial charge in [0.25, 0.3) is 0 Å². The second-order valence-corrected chi connectivity index (χ2v) is 1.71. The molecule has 0 saturated heterocycles. The van der Waals surface area contributed by atoms with Gasteiger partial charge in [-0.3, -0.25) is 0 Å². The Hall–Kier alpha value is 1.11. The van der Waals surface area contributed by atoms with Crippen LogP contribution in [0.25, 0.3) is 0 Å². The fourth-order valence-electron chi connectivity index (χ4n) is 0.500. The Morgan fingerprint density at radius 2 is 0.909 bits per heavy atom. The van der Waals surface area contributed by atoms with Crippen molar-refractivity contribution < 1.29 is 0 Å². The lowest BCUT2D eigenvalue weighted by molar-refractivity contribution is 0.702. The van der Waals surface area contributed by atoms with Crippen LogP contribution in [0.2, 0.25) is 0 Å². The molecule has 0 N–H and O–H groups in total. The van der Waals surface area contributed by atoms with Gasteiger partial charge in [0, 0.05) is 0 Å². The first kappa shape index (κ1) is 29.6. The smallest absolute Gasteiger partial charge is 0.147 e. The maximum Gasteiger partial charge on any atom is 0.187 e. The van der Waals surface area contributed by atoms with Gasteiger partial charge in [-0.05, 0) is 0 Å². The summed E-state index contributed by atoms with van der Waals surface area (Å²) < 4.78 is 0. The van der Waals surface area contributed by atoms with E-state index in [1.54, 1.807) is 0 Å². The van der Waals surface area contributed by atoms with E-state index in [2.05, 4.69) is 13.8 Å². The maximum atomic E-state index is 2.23. The van der Waals surface area contributed by atoms with Crippen LogP contribution in [0.4, 0.5) is 0 Å². The highest BCUT2D eigenvalue weighted by molar-refractivity contribution is 5.85. The highest BCUT2D eigenvalue weighted by Crippen LogP contribution is 1.95. The van der Waals surface area contributed by atoms with E-state index in [9.17, 15) is 0 Å². The highest BCUT2D eigenvalue weighted by Gasteiger charge is 1.75. The zero-order chi connectivity index (χ0) is 6.83. The first-order valence-electron chi connectivity index (χ1n) is 3.91. The van der Waals surface area contributed by atoms with Crippen LogP contribution in [0.1, 0.15) is 53.4 Å². The van der Waals surface area contributed by atoms with Crippen LogP contribution in [0.3, 0.4) is 0 Å². The van der Waals surface area contributed by atoms with E-state index in [0.29, 0.717) is 0 Å². The molecule has 0 radical (unpaired) electrons. The minimum absolute atomic E-state index is 0. The molecule has 0 heterocycles. The van der Waals surface area contributed by atoms with Gasteiger partial charge in [-0.15, -0.1) is 24.8 Å². The van der Waals surface area contributed by atoms with Gasteiger partial charge < -0.3 is 0 Å². The Labute approximate surface area is 95.5 Å². The molecule has 11 heavy (non-hydrogen) atoms. The minimum atomic E-state index is 0. The SMILES string of the molecule is CC.CCCCCC.Cl.Cl.[AlH3]. The first-order valence-corrected chi connectivity index (χ1v) is 3.91. The fourth-order valence-corrected chi connectivity index (χ4v) is 0.500. The van der Waals surface area contributed by atoms with Crippen LogP contribution in [-0.4, -0.2) is 17.4 Å². The zero-order valence-electron chi connectivity index (χ0n) is 7.64. The van der Waals surface area contributed by atoms with E-state index >= 15 is 0 Å². The first-order chi connectivity index (χ1) is 3.91. The van der Waals surface area contributed by atoms with Gasteiger partial charge in [0.1, 0.15) is 0 Å². The predicted octanol–water partition coefficient (Wildman–Crippen LogP) is 3.27. The summed E-state index contributed by atoms with van der Waals surface area (Å²) in [4.78, 5) is 0. The van der Waals surface area contributed by atoms with Gasteiger partial charge in [-0.2, -0.15) is 0 Å². The van der Waals surface area contributed by atoms with Crippen LogP contribution in [0.15, 0.2) is 0 Å². The van der Waals surface area contributed by atoms with E-state index < -0.39 is 0 Å². The van der Waals surface area contributed by atoms with E-state index in [0.717, 1.165) is 0 Å². The molecule has 0 aromatic carbocycles. The third-order valence-electron chi connectivity index (χ3n) is 0.957. The molecule has 0 aliphatic heterocycles. The lowest BCUT2D eigenvalue weighted by atomic mass is 10.2. The summed E-state index contributed by atoms with van der Waals surface area (Å²) in [6, 6.07) is 0. The average molecular weight is 219 g/mol. The standard InChI is InChI=1S/C6H14.C2H6.Al.2ClH.3H/c1-3-5-6-4-2;1-2;;;;;;/h3-6H2,1-2H3;1-2H3;;2*1H;;;. The molecule has 0 fully saturated rings. The van der Waals surface area contributed by atoms with E-state index in [1.807, 2.05) is 13.8 Å². The zero-order valence-corrected chi connectivity index (χ0v) is 9.28. The lowest BCUT2D eigenvalue weighted by Gasteiger charge is -1.86. The molecule has 0 atom stereocenters.